The maximum Gasteiger partial charge on any atom is 0.239 e. The quantitative estimate of drug-likeness (QED) is 0.670. The molecule has 5 rings (SSSR count). The Balaban J connectivity index is 1.50. The summed E-state index contributed by atoms with van der Waals surface area (Å²) < 4.78 is 0. The molecule has 1 saturated heterocycles. The fourth-order valence-electron chi connectivity index (χ4n) is 7.93. The van der Waals surface area contributed by atoms with Gasteiger partial charge in [0.15, 0.2) is 0 Å². The molecule has 1 aliphatic heterocycles. The van der Waals surface area contributed by atoms with Crippen molar-refractivity contribution in [2.45, 2.75) is 65.7 Å². The largest absolute Gasteiger partial charge is 0.318 e. The van der Waals surface area contributed by atoms with Gasteiger partial charge in [0.25, 0.3) is 0 Å². The predicted octanol–water partition coefficient (Wildman–Crippen LogP) is 5.08. The van der Waals surface area contributed by atoms with Crippen molar-refractivity contribution in [3.63, 3.8) is 0 Å². The van der Waals surface area contributed by atoms with Crippen molar-refractivity contribution in [1.29, 1.82) is 0 Å². The Morgan fingerprint density at radius 3 is 2.80 bits per heavy atom. The minimum absolute atomic E-state index is 0.0745. The third kappa shape index (κ3) is 2.82. The van der Waals surface area contributed by atoms with E-state index in [-0.39, 0.29) is 17.2 Å². The highest BCUT2D eigenvalue weighted by atomic mass is 32.1. The van der Waals surface area contributed by atoms with E-state index >= 15 is 0 Å². The number of hydrogen-bond acceptors (Lipinski definition) is 4. The molecule has 3 aliphatic carbocycles. The van der Waals surface area contributed by atoms with Crippen molar-refractivity contribution in [3.05, 3.63) is 22.2 Å². The fraction of sp³-hybridized carbons (Fsp3) is 0.708. The number of nitrogens with one attached hydrogen (secondary N) is 1. The van der Waals surface area contributed by atoms with Crippen LogP contribution in [-0.2, 0) is 9.59 Å². The zero-order chi connectivity index (χ0) is 21.3. The number of thiazole rings is 1. The summed E-state index contributed by atoms with van der Waals surface area (Å²) in [5, 5.41) is 4.69. The molecule has 3 fully saturated rings. The molecule has 0 radical (unpaired) electrons. The van der Waals surface area contributed by atoms with Crippen molar-refractivity contribution >= 4 is 29.0 Å². The van der Waals surface area contributed by atoms with Gasteiger partial charge in [0.2, 0.25) is 11.8 Å². The lowest BCUT2D eigenvalue weighted by Gasteiger charge is -2.59. The topological polar surface area (TPSA) is 62.3 Å². The number of likely N-dealkylation sites (tertiary alicyclic amines) is 1. The molecule has 4 aliphatic rings. The monoisotopic (exact) mass is 427 g/mol. The third-order valence-electron chi connectivity index (χ3n) is 9.12. The smallest absolute Gasteiger partial charge is 0.239 e. The molecule has 1 aromatic rings. The Morgan fingerprint density at radius 1 is 1.27 bits per heavy atom. The van der Waals surface area contributed by atoms with E-state index in [1.54, 1.807) is 5.51 Å². The predicted molar refractivity (Wildman–Crippen MR) is 119 cm³/mol. The minimum Gasteiger partial charge on any atom is -0.318 e. The number of nitrogens with zero attached hydrogens (tertiary/aromatic N) is 2. The van der Waals surface area contributed by atoms with Crippen LogP contribution < -0.4 is 5.32 Å². The van der Waals surface area contributed by atoms with Gasteiger partial charge in [0.1, 0.15) is 11.7 Å². The van der Waals surface area contributed by atoms with E-state index in [1.807, 2.05) is 17.3 Å². The van der Waals surface area contributed by atoms with Gasteiger partial charge in [-0.25, -0.2) is 4.98 Å². The van der Waals surface area contributed by atoms with E-state index in [0.29, 0.717) is 29.5 Å². The number of aromatic nitrogens is 1. The first kappa shape index (κ1) is 20.2. The van der Waals surface area contributed by atoms with Crippen LogP contribution in [0.15, 0.2) is 22.2 Å². The molecule has 162 valence electrons. The molecule has 2 saturated carbocycles. The number of hydrogen-bond donors (Lipinski definition) is 1. The van der Waals surface area contributed by atoms with Gasteiger partial charge in [-0.15, -0.1) is 11.3 Å². The Bertz CT molecular complexity index is 910. The van der Waals surface area contributed by atoms with E-state index in [1.165, 1.54) is 54.7 Å². The molecule has 5 nitrogen and oxygen atoms in total. The van der Waals surface area contributed by atoms with Gasteiger partial charge >= 0.3 is 0 Å². The van der Waals surface area contributed by atoms with Crippen molar-refractivity contribution in [1.82, 2.24) is 9.88 Å². The molecule has 0 spiro atoms. The van der Waals surface area contributed by atoms with Crippen molar-refractivity contribution in [3.8, 4) is 0 Å². The molecular formula is C24H33N3O2S. The Kier molecular flexibility index (Phi) is 4.66. The second-order valence-corrected chi connectivity index (χ2v) is 11.4. The van der Waals surface area contributed by atoms with Gasteiger partial charge in [-0.3, -0.25) is 9.59 Å². The average Bonchev–Trinajstić information content (AvgIpc) is 3.33. The van der Waals surface area contributed by atoms with Gasteiger partial charge in [-0.1, -0.05) is 25.8 Å². The second-order valence-electron chi connectivity index (χ2n) is 10.7. The van der Waals surface area contributed by atoms with Crippen molar-refractivity contribution in [2.75, 3.05) is 12.4 Å². The lowest BCUT2D eigenvalue weighted by molar-refractivity contribution is -0.147. The number of piperidine rings is 1. The first-order valence-corrected chi connectivity index (χ1v) is 12.4. The fourth-order valence-corrected chi connectivity index (χ4v) is 8.42. The van der Waals surface area contributed by atoms with E-state index in [9.17, 15) is 9.59 Å². The summed E-state index contributed by atoms with van der Waals surface area (Å²) in [5.74, 6) is 1.64. The number of carbonyl (C=O) groups is 2. The lowest BCUT2D eigenvalue weighted by atomic mass is 9.48. The van der Waals surface area contributed by atoms with Gasteiger partial charge < -0.3 is 10.2 Å². The Morgan fingerprint density at radius 2 is 2.07 bits per heavy atom. The SMILES string of the molecule is CC1=C2N(C)C(=O)C(C(=O)Nc3cscn3)C[C@]2(C)[C@@H]2CC[C@]3(C)CCC[C@H]3[C@@H]2C1. The Hall–Kier alpha value is -1.69. The highest BCUT2D eigenvalue weighted by Gasteiger charge is 2.60. The second kappa shape index (κ2) is 6.91. The number of carbonyl (C=O) groups excluding carboxylic acids is 2. The summed E-state index contributed by atoms with van der Waals surface area (Å²) in [6.07, 6.45) is 8.30. The van der Waals surface area contributed by atoms with Gasteiger partial charge in [0, 0.05) is 23.5 Å². The van der Waals surface area contributed by atoms with Crippen molar-refractivity contribution < 1.29 is 9.59 Å². The number of anilines is 1. The number of amides is 2. The molecule has 30 heavy (non-hydrogen) atoms. The van der Waals surface area contributed by atoms with E-state index < -0.39 is 5.92 Å². The van der Waals surface area contributed by atoms with E-state index in [4.69, 9.17) is 0 Å². The number of rotatable bonds is 2. The molecule has 1 aromatic heterocycles. The molecule has 2 amide bonds. The number of allylic oxidation sites excluding steroid dienone is 2. The third-order valence-corrected chi connectivity index (χ3v) is 9.70. The molecule has 6 atom stereocenters. The van der Waals surface area contributed by atoms with E-state index in [2.05, 4.69) is 31.1 Å². The summed E-state index contributed by atoms with van der Waals surface area (Å²) in [6.45, 7) is 7.08. The van der Waals surface area contributed by atoms with Crippen LogP contribution in [0.25, 0.3) is 0 Å². The van der Waals surface area contributed by atoms with Crippen LogP contribution in [0.4, 0.5) is 5.82 Å². The molecule has 6 heteroatoms. The molecule has 1 unspecified atom stereocenters. The number of fused-ring (bicyclic) bond motifs is 5. The van der Waals surface area contributed by atoms with E-state index in [0.717, 1.165) is 12.3 Å². The Labute approximate surface area is 183 Å². The highest BCUT2D eigenvalue weighted by Crippen LogP contribution is 2.65. The van der Waals surface area contributed by atoms with Crippen LogP contribution >= 0.6 is 11.3 Å². The summed E-state index contributed by atoms with van der Waals surface area (Å²) in [7, 11) is 1.88. The normalized spacial score (nSPS) is 40.7. The first-order valence-electron chi connectivity index (χ1n) is 11.4. The van der Waals surface area contributed by atoms with Crippen LogP contribution in [0.5, 0.6) is 0 Å². The average molecular weight is 428 g/mol. The molecular weight excluding hydrogens is 394 g/mol. The molecule has 1 N–H and O–H groups in total. The van der Waals surface area contributed by atoms with Crippen LogP contribution in [0, 0.1) is 34.5 Å². The van der Waals surface area contributed by atoms with Gasteiger partial charge in [-0.05, 0) is 68.6 Å². The minimum atomic E-state index is -0.645. The van der Waals surface area contributed by atoms with Crippen LogP contribution in [0.2, 0.25) is 0 Å². The summed E-state index contributed by atoms with van der Waals surface area (Å²) in [4.78, 5) is 32.3. The van der Waals surface area contributed by atoms with Crippen LogP contribution in [0.1, 0.15) is 65.7 Å². The summed E-state index contributed by atoms with van der Waals surface area (Å²) in [5.41, 5.74) is 4.64. The molecule has 0 bridgehead atoms. The maximum absolute atomic E-state index is 13.2. The highest BCUT2D eigenvalue weighted by molar-refractivity contribution is 7.07. The first-order chi connectivity index (χ1) is 14.2. The zero-order valence-electron chi connectivity index (χ0n) is 18.5. The van der Waals surface area contributed by atoms with Gasteiger partial charge in [-0.2, -0.15) is 0 Å². The molecule has 0 aromatic carbocycles. The van der Waals surface area contributed by atoms with Crippen molar-refractivity contribution in [2.24, 2.45) is 34.5 Å². The van der Waals surface area contributed by atoms with Crippen LogP contribution in [-0.4, -0.2) is 28.7 Å². The zero-order valence-corrected chi connectivity index (χ0v) is 19.3. The standard InChI is InChI=1S/C24H33N3O2S/c1-14-10-15-17-6-5-8-23(17,2)9-7-18(15)24(3)11-16(22(29)27(4)20(14)24)21(28)26-19-12-30-13-25-19/h12-13,15-18H,5-11H2,1-4H3,(H,26,28)/t15-,16?,17-,18+,23-,24+/m0/s1. The van der Waals surface area contributed by atoms with Crippen LogP contribution in [0.3, 0.4) is 0 Å². The lowest BCUT2D eigenvalue weighted by Crippen LogP contribution is -2.57. The van der Waals surface area contributed by atoms with Gasteiger partial charge in [0.05, 0.1) is 5.51 Å². The maximum atomic E-state index is 13.2. The summed E-state index contributed by atoms with van der Waals surface area (Å²) in [6, 6.07) is 0. The molecule has 2 heterocycles. The summed E-state index contributed by atoms with van der Waals surface area (Å²) >= 11 is 1.44.